The van der Waals surface area contributed by atoms with Gasteiger partial charge in [0.2, 0.25) is 0 Å². The van der Waals surface area contributed by atoms with Gasteiger partial charge in [-0.1, -0.05) is 13.3 Å². The third-order valence-corrected chi connectivity index (χ3v) is 6.97. The van der Waals surface area contributed by atoms with Gasteiger partial charge in [0.05, 0.1) is 17.1 Å². The van der Waals surface area contributed by atoms with Crippen LogP contribution in [-0.4, -0.2) is 65.6 Å². The van der Waals surface area contributed by atoms with Crippen molar-refractivity contribution in [2.45, 2.75) is 31.6 Å². The zero-order valence-corrected chi connectivity index (χ0v) is 20.5. The van der Waals surface area contributed by atoms with E-state index in [0.717, 1.165) is 44.7 Å². The van der Waals surface area contributed by atoms with Gasteiger partial charge in [-0.3, -0.25) is 9.52 Å². The van der Waals surface area contributed by atoms with Gasteiger partial charge in [0.25, 0.3) is 15.9 Å². The molecule has 0 atom stereocenters. The van der Waals surface area contributed by atoms with Gasteiger partial charge in [-0.15, -0.1) is 0 Å². The number of ether oxygens (including phenoxy) is 1. The van der Waals surface area contributed by atoms with Gasteiger partial charge in [0.1, 0.15) is 5.75 Å². The molecule has 0 bridgehead atoms. The molecule has 1 saturated heterocycles. The van der Waals surface area contributed by atoms with E-state index in [0.29, 0.717) is 30.2 Å². The molecule has 9 heteroatoms. The lowest BCUT2D eigenvalue weighted by molar-refractivity contribution is 0.0794. The molecule has 1 heterocycles. The number of carbonyl (C=O) groups is 1. The van der Waals surface area contributed by atoms with Crippen LogP contribution in [0.4, 0.5) is 11.4 Å². The number of hydrogen-bond donors (Lipinski definition) is 2. The molecule has 8 nitrogen and oxygen atoms in total. The molecule has 1 fully saturated rings. The average molecular weight is 475 g/mol. The van der Waals surface area contributed by atoms with Crippen molar-refractivity contribution < 1.29 is 17.9 Å². The first-order valence-corrected chi connectivity index (χ1v) is 12.9. The van der Waals surface area contributed by atoms with Gasteiger partial charge in [0, 0.05) is 51.1 Å². The molecule has 0 unspecified atom stereocenters. The van der Waals surface area contributed by atoms with Crippen molar-refractivity contribution in [3.63, 3.8) is 0 Å². The van der Waals surface area contributed by atoms with E-state index < -0.39 is 10.0 Å². The number of sulfonamides is 1. The Labute approximate surface area is 197 Å². The number of rotatable bonds is 10. The minimum absolute atomic E-state index is 0.112. The van der Waals surface area contributed by atoms with Crippen molar-refractivity contribution in [2.24, 2.45) is 0 Å². The van der Waals surface area contributed by atoms with Crippen molar-refractivity contribution in [3.8, 4) is 5.75 Å². The van der Waals surface area contributed by atoms with E-state index in [9.17, 15) is 13.2 Å². The molecular weight excluding hydrogens is 440 g/mol. The van der Waals surface area contributed by atoms with Crippen molar-refractivity contribution in [1.29, 1.82) is 0 Å². The number of carbonyl (C=O) groups excluding carboxylic acids is 1. The first-order valence-electron chi connectivity index (χ1n) is 11.5. The van der Waals surface area contributed by atoms with Crippen LogP contribution in [0, 0.1) is 0 Å². The molecule has 180 valence electrons. The molecule has 2 aromatic rings. The molecule has 0 aromatic heterocycles. The van der Waals surface area contributed by atoms with Crippen LogP contribution in [0.2, 0.25) is 0 Å². The third kappa shape index (κ3) is 6.39. The van der Waals surface area contributed by atoms with Crippen LogP contribution in [0.1, 0.15) is 37.0 Å². The fourth-order valence-electron chi connectivity index (χ4n) is 3.75. The lowest BCUT2D eigenvalue weighted by atomic mass is 10.1. The van der Waals surface area contributed by atoms with Gasteiger partial charge in [-0.05, 0) is 55.8 Å². The number of unbranched alkanes of at least 4 members (excludes halogenated alkanes) is 1. The van der Waals surface area contributed by atoms with Gasteiger partial charge in [-0.2, -0.15) is 0 Å². The van der Waals surface area contributed by atoms with Crippen LogP contribution in [-0.2, 0) is 10.0 Å². The smallest absolute Gasteiger partial charge is 0.261 e. The second-order valence-electron chi connectivity index (χ2n) is 8.06. The minimum atomic E-state index is -3.81. The number of benzene rings is 2. The van der Waals surface area contributed by atoms with Gasteiger partial charge in [-0.25, -0.2) is 8.42 Å². The third-order valence-electron chi connectivity index (χ3n) is 5.58. The Kier molecular flexibility index (Phi) is 8.57. The Morgan fingerprint density at radius 3 is 2.45 bits per heavy atom. The van der Waals surface area contributed by atoms with E-state index in [1.807, 2.05) is 13.0 Å². The van der Waals surface area contributed by atoms with E-state index in [-0.39, 0.29) is 10.8 Å². The quantitative estimate of drug-likeness (QED) is 0.550. The van der Waals surface area contributed by atoms with Crippen LogP contribution >= 0.6 is 0 Å². The summed E-state index contributed by atoms with van der Waals surface area (Å²) in [5.74, 6) is 0.499. The summed E-state index contributed by atoms with van der Waals surface area (Å²) in [6, 6.07) is 11.5. The van der Waals surface area contributed by atoms with E-state index >= 15 is 0 Å². The zero-order chi connectivity index (χ0) is 23.8. The first kappa shape index (κ1) is 24.9. The summed E-state index contributed by atoms with van der Waals surface area (Å²) in [7, 11) is -2.03. The standard InChI is InChI=1S/C24H34N4O4S/c1-4-6-15-27(3)24(29)22-18-19(7-12-23(22)28-16-13-25-14-17-28)26-33(30,31)21-10-8-20(9-11-21)32-5-2/h7-12,18,25-26H,4-6,13-17H2,1-3H3. The highest BCUT2D eigenvalue weighted by molar-refractivity contribution is 7.92. The van der Waals surface area contributed by atoms with Crippen molar-refractivity contribution in [2.75, 3.05) is 56.0 Å². The summed E-state index contributed by atoms with van der Waals surface area (Å²) in [4.78, 5) is 17.3. The average Bonchev–Trinajstić information content (AvgIpc) is 2.83. The summed E-state index contributed by atoms with van der Waals surface area (Å²) in [6.07, 6.45) is 1.90. The Balaban J connectivity index is 1.89. The largest absolute Gasteiger partial charge is 0.494 e. The topological polar surface area (TPSA) is 91.0 Å². The number of anilines is 2. The molecule has 1 aliphatic rings. The zero-order valence-electron chi connectivity index (χ0n) is 19.6. The molecule has 1 aliphatic heterocycles. The molecule has 33 heavy (non-hydrogen) atoms. The highest BCUT2D eigenvalue weighted by Gasteiger charge is 2.23. The van der Waals surface area contributed by atoms with Crippen LogP contribution < -0.4 is 19.7 Å². The van der Waals surface area contributed by atoms with Crippen LogP contribution in [0.5, 0.6) is 5.75 Å². The number of amides is 1. The Morgan fingerprint density at radius 1 is 1.12 bits per heavy atom. The lowest BCUT2D eigenvalue weighted by Crippen LogP contribution is -2.44. The normalized spacial score (nSPS) is 14.1. The molecule has 0 radical (unpaired) electrons. The lowest BCUT2D eigenvalue weighted by Gasteiger charge is -2.32. The Bertz CT molecular complexity index is 1030. The maximum atomic E-state index is 13.3. The Morgan fingerprint density at radius 2 is 1.82 bits per heavy atom. The minimum Gasteiger partial charge on any atom is -0.494 e. The summed E-state index contributed by atoms with van der Waals surface area (Å²) in [5, 5.41) is 3.32. The van der Waals surface area contributed by atoms with E-state index in [4.69, 9.17) is 4.74 Å². The molecule has 2 N–H and O–H groups in total. The van der Waals surface area contributed by atoms with Crippen molar-refractivity contribution in [1.82, 2.24) is 10.2 Å². The van der Waals surface area contributed by atoms with E-state index in [1.54, 1.807) is 36.2 Å². The number of nitrogens with zero attached hydrogens (tertiary/aromatic N) is 2. The second-order valence-corrected chi connectivity index (χ2v) is 9.74. The summed E-state index contributed by atoms with van der Waals surface area (Å²) in [6.45, 7) is 8.37. The molecular formula is C24H34N4O4S. The first-order chi connectivity index (χ1) is 15.9. The number of piperazine rings is 1. The van der Waals surface area contributed by atoms with Gasteiger partial charge in [0.15, 0.2) is 0 Å². The highest BCUT2D eigenvalue weighted by Crippen LogP contribution is 2.28. The van der Waals surface area contributed by atoms with Crippen LogP contribution in [0.3, 0.4) is 0 Å². The maximum Gasteiger partial charge on any atom is 0.261 e. The van der Waals surface area contributed by atoms with Gasteiger partial charge < -0.3 is 19.9 Å². The summed E-state index contributed by atoms with van der Waals surface area (Å²) < 4.78 is 33.9. The molecule has 0 spiro atoms. The van der Waals surface area contributed by atoms with Gasteiger partial charge >= 0.3 is 0 Å². The molecule has 1 amide bonds. The molecule has 0 saturated carbocycles. The summed E-state index contributed by atoms with van der Waals surface area (Å²) in [5.41, 5.74) is 1.69. The van der Waals surface area contributed by atoms with Crippen molar-refractivity contribution in [3.05, 3.63) is 48.0 Å². The molecule has 3 rings (SSSR count). The fourth-order valence-corrected chi connectivity index (χ4v) is 4.80. The monoisotopic (exact) mass is 474 g/mol. The second kappa shape index (κ2) is 11.4. The number of hydrogen-bond acceptors (Lipinski definition) is 6. The van der Waals surface area contributed by atoms with Crippen LogP contribution in [0.15, 0.2) is 47.4 Å². The number of nitrogens with one attached hydrogen (secondary N) is 2. The van der Waals surface area contributed by atoms with Crippen molar-refractivity contribution >= 4 is 27.3 Å². The summed E-state index contributed by atoms with van der Waals surface area (Å²) >= 11 is 0. The SMILES string of the molecule is CCCCN(C)C(=O)c1cc(NS(=O)(=O)c2ccc(OCC)cc2)ccc1N1CCNCC1. The predicted octanol–water partition coefficient (Wildman–Crippen LogP) is 3.17. The predicted molar refractivity (Wildman–Crippen MR) is 132 cm³/mol. The highest BCUT2D eigenvalue weighted by atomic mass is 32.2. The fraction of sp³-hybridized carbons (Fsp3) is 0.458. The van der Waals surface area contributed by atoms with E-state index in [1.165, 1.54) is 12.1 Å². The van der Waals surface area contributed by atoms with E-state index in [2.05, 4.69) is 21.9 Å². The molecule has 0 aliphatic carbocycles. The maximum absolute atomic E-state index is 13.3. The van der Waals surface area contributed by atoms with Crippen LogP contribution in [0.25, 0.3) is 0 Å². The Hall–Kier alpha value is -2.78. The molecule has 2 aromatic carbocycles.